The number of amides is 7. The Bertz CT molecular complexity index is 2650. The summed E-state index contributed by atoms with van der Waals surface area (Å²) in [5.41, 5.74) is 21.3. The molecule has 0 saturated carbocycles. The van der Waals surface area contributed by atoms with E-state index < -0.39 is 35.7 Å². The molecule has 7 amide bonds. The first-order valence-corrected chi connectivity index (χ1v) is 22.9. The summed E-state index contributed by atoms with van der Waals surface area (Å²) >= 11 is 0. The highest BCUT2D eigenvalue weighted by atomic mass is 16.3. The summed E-state index contributed by atoms with van der Waals surface area (Å²) in [6, 6.07) is 6.41. The number of phenols is 1. The highest BCUT2D eigenvalue weighted by molar-refractivity contribution is 6.13. The number of hydrazine groups is 1. The third-order valence-electron chi connectivity index (χ3n) is 10.1. The molecule has 0 fully saturated rings. The molecular weight excluding hydrogens is 951 g/mol. The number of nitrogens with zero attached hydrogens (tertiary/aromatic N) is 6. The second-order valence-corrected chi connectivity index (χ2v) is 15.8. The minimum Gasteiger partial charge on any atom is -0.507 e. The van der Waals surface area contributed by atoms with Crippen LogP contribution in [0.25, 0.3) is 11.2 Å². The van der Waals surface area contributed by atoms with E-state index in [1.54, 1.807) is 6.07 Å². The number of benzene rings is 2. The molecular formula is C46H63N17O10. The summed E-state index contributed by atoms with van der Waals surface area (Å²) in [6.45, 7) is 5.78. The average molecular weight is 1010 g/mol. The zero-order valence-electron chi connectivity index (χ0n) is 40.9. The number of unbranched alkanes of at least 4 members (excludes halogenated alkanes) is 2. The van der Waals surface area contributed by atoms with Gasteiger partial charge in [-0.2, -0.15) is 9.97 Å². The molecule has 27 heteroatoms. The number of carbonyl (C=O) groups excluding carboxylic acids is 8. The summed E-state index contributed by atoms with van der Waals surface area (Å²) < 4.78 is 0. The SMILES string of the molecule is CC(NC(=O)CNC(=O)CCCCCN1C(=O)C=CC1=O)C(=O)Nc1ccc(C(=O)NCCCC(C=O)NC(=O)c2ccc(NCc3cnc4nc(N)nc(N)c4n3)cc2O)c(/C(N)=N/NN)c1.CCC.CO. The molecule has 0 spiro atoms. The Labute approximate surface area is 419 Å². The third-order valence-corrected chi connectivity index (χ3v) is 10.1. The van der Waals surface area contributed by atoms with Crippen LogP contribution in [0, 0.1) is 0 Å². The lowest BCUT2D eigenvalue weighted by molar-refractivity contribution is -0.137. The number of aliphatic hydroxyl groups is 1. The Hall–Kier alpha value is -8.85. The molecule has 2 atom stereocenters. The number of hydrogen-bond acceptors (Lipinski definition) is 20. The summed E-state index contributed by atoms with van der Waals surface area (Å²) in [7, 11) is 1.00. The van der Waals surface area contributed by atoms with Crippen LogP contribution in [0.3, 0.4) is 0 Å². The fourth-order valence-corrected chi connectivity index (χ4v) is 6.55. The number of nitrogen functional groups attached to an aromatic ring is 2. The number of phenolic OH excluding ortho intramolecular Hbond substituents is 1. The minimum atomic E-state index is -1.05. The fourth-order valence-electron chi connectivity index (χ4n) is 6.55. The van der Waals surface area contributed by atoms with Crippen molar-refractivity contribution in [3.63, 3.8) is 0 Å². The van der Waals surface area contributed by atoms with Crippen molar-refractivity contribution in [3.05, 3.63) is 77.1 Å². The van der Waals surface area contributed by atoms with Crippen LogP contribution in [-0.4, -0.2) is 127 Å². The maximum absolute atomic E-state index is 13.3. The first-order valence-electron chi connectivity index (χ1n) is 22.9. The van der Waals surface area contributed by atoms with Crippen molar-refractivity contribution in [1.82, 2.24) is 51.6 Å². The number of aldehydes is 1. The van der Waals surface area contributed by atoms with E-state index in [9.17, 15) is 43.5 Å². The van der Waals surface area contributed by atoms with Crippen LogP contribution < -0.4 is 60.5 Å². The zero-order valence-corrected chi connectivity index (χ0v) is 40.9. The van der Waals surface area contributed by atoms with Gasteiger partial charge in [0.25, 0.3) is 23.6 Å². The Kier molecular flexibility index (Phi) is 24.0. The number of amidine groups is 1. The highest BCUT2D eigenvalue weighted by Crippen LogP contribution is 2.23. The number of aromatic nitrogens is 4. The van der Waals surface area contributed by atoms with E-state index in [0.29, 0.717) is 36.9 Å². The topological polar surface area (TPSA) is 432 Å². The van der Waals surface area contributed by atoms with Crippen molar-refractivity contribution in [2.24, 2.45) is 16.7 Å². The molecule has 0 radical (unpaired) electrons. The first-order chi connectivity index (χ1) is 35.0. The molecule has 0 aliphatic carbocycles. The summed E-state index contributed by atoms with van der Waals surface area (Å²) in [5.74, 6) is 1.12. The Balaban J connectivity index is 0.00000271. The molecule has 5 rings (SSSR count). The number of nitrogens with one attached hydrogen (secondary N) is 7. The number of hydrazone groups is 1. The molecule has 0 bridgehead atoms. The van der Waals surface area contributed by atoms with Gasteiger partial charge in [-0.25, -0.2) is 21.3 Å². The largest absolute Gasteiger partial charge is 0.507 e. The van der Waals surface area contributed by atoms with E-state index in [2.05, 4.69) is 70.8 Å². The third kappa shape index (κ3) is 18.4. The number of carbonyl (C=O) groups is 8. The second kappa shape index (κ2) is 30.0. The van der Waals surface area contributed by atoms with Crippen LogP contribution in [0.15, 0.2) is 59.8 Å². The van der Waals surface area contributed by atoms with Gasteiger partial charge in [0.1, 0.15) is 18.1 Å². The minimum absolute atomic E-state index is 0.0316. The van der Waals surface area contributed by atoms with Gasteiger partial charge in [-0.15, -0.1) is 5.10 Å². The number of anilines is 4. The molecule has 2 unspecified atom stereocenters. The Morgan fingerprint density at radius 2 is 1.52 bits per heavy atom. The van der Waals surface area contributed by atoms with E-state index in [1.807, 2.05) is 5.53 Å². The van der Waals surface area contributed by atoms with E-state index in [-0.39, 0.29) is 120 Å². The Morgan fingerprint density at radius 3 is 2.19 bits per heavy atom. The second-order valence-electron chi connectivity index (χ2n) is 15.8. The monoisotopic (exact) mass is 1010 g/mol. The average Bonchev–Trinajstić information content (AvgIpc) is 3.69. The van der Waals surface area contributed by atoms with Gasteiger partial charge < -0.3 is 64.1 Å². The zero-order chi connectivity index (χ0) is 54.0. The van der Waals surface area contributed by atoms with Gasteiger partial charge in [0, 0.05) is 61.8 Å². The van der Waals surface area contributed by atoms with E-state index in [0.717, 1.165) is 12.0 Å². The first kappa shape index (κ1) is 58.5. The highest BCUT2D eigenvalue weighted by Gasteiger charge is 2.23. The van der Waals surface area contributed by atoms with Crippen LogP contribution in [-0.2, 0) is 35.3 Å². The van der Waals surface area contributed by atoms with Crippen molar-refractivity contribution >= 4 is 87.8 Å². The molecule has 2 aromatic carbocycles. The Morgan fingerprint density at radius 1 is 0.836 bits per heavy atom. The molecule has 1 aliphatic rings. The van der Waals surface area contributed by atoms with Crippen molar-refractivity contribution < 1.29 is 48.6 Å². The quantitative estimate of drug-likeness (QED) is 0.00805. The predicted molar refractivity (Wildman–Crippen MR) is 270 cm³/mol. The van der Waals surface area contributed by atoms with E-state index >= 15 is 0 Å². The lowest BCUT2D eigenvalue weighted by atomic mass is 10.0. The molecule has 3 heterocycles. The van der Waals surface area contributed by atoms with Crippen molar-refractivity contribution in [3.8, 4) is 5.75 Å². The smallest absolute Gasteiger partial charge is 0.255 e. The molecule has 392 valence electrons. The molecule has 2 aromatic heterocycles. The van der Waals surface area contributed by atoms with Gasteiger partial charge >= 0.3 is 0 Å². The van der Waals surface area contributed by atoms with Gasteiger partial charge in [-0.1, -0.05) is 26.7 Å². The summed E-state index contributed by atoms with van der Waals surface area (Å²) in [4.78, 5) is 117. The van der Waals surface area contributed by atoms with Gasteiger partial charge in [0.05, 0.1) is 42.1 Å². The molecule has 0 saturated heterocycles. The lowest BCUT2D eigenvalue weighted by Gasteiger charge is -2.17. The van der Waals surface area contributed by atoms with Crippen LogP contribution in [0.2, 0.25) is 0 Å². The number of nitrogens with two attached hydrogens (primary N) is 4. The van der Waals surface area contributed by atoms with Crippen molar-refractivity contribution in [2.45, 2.75) is 84.3 Å². The van der Waals surface area contributed by atoms with Crippen LogP contribution in [0.5, 0.6) is 5.75 Å². The number of hydrogen-bond donors (Lipinski definition) is 13. The molecule has 17 N–H and O–H groups in total. The van der Waals surface area contributed by atoms with Gasteiger partial charge in [0.15, 0.2) is 22.8 Å². The number of aliphatic hydroxyl groups excluding tert-OH is 1. The van der Waals surface area contributed by atoms with E-state index in [1.165, 1.54) is 62.0 Å². The maximum atomic E-state index is 13.3. The van der Waals surface area contributed by atoms with Crippen molar-refractivity contribution in [2.75, 3.05) is 48.8 Å². The summed E-state index contributed by atoms with van der Waals surface area (Å²) in [6.07, 6.45) is 7.74. The summed E-state index contributed by atoms with van der Waals surface area (Å²) in [5, 5.41) is 37.3. The molecule has 1 aliphatic heterocycles. The number of rotatable bonds is 24. The van der Waals surface area contributed by atoms with Gasteiger partial charge in [0.2, 0.25) is 23.7 Å². The van der Waals surface area contributed by atoms with Crippen LogP contribution in [0.1, 0.15) is 97.7 Å². The standard InChI is InChI=1S/C42H51N17O9.C3H8.CH4O/c1-22(51-32(63)20-49-31(62)7-3-2-4-15-59-33(64)12-13-34(59)65)39(66)53-24-9-10-27(29(16-24)36(43)57-58-46)40(67)47-14-5-6-25(21-60)54-41(68)28-11-8-23(17-30(28)61)48-18-26-19-50-38-35(52-26)37(44)55-42(45)56-38;1-3-2;1-2/h8-13,16-17,19,21-22,25,48,58,61H,2-7,14-15,18,20,46H2,1H3,(H2,43,57)(H,47,67)(H,49,62)(H,51,63)(H,53,66)(H,54,68)(H4,44,45,50,55,56);3H2,1-2H3;2H,1H3. The van der Waals surface area contributed by atoms with Crippen LogP contribution in [0.4, 0.5) is 23.1 Å². The molecule has 27 nitrogen and oxygen atoms in total. The van der Waals surface area contributed by atoms with Gasteiger partial charge in [-0.3, -0.25) is 38.5 Å². The fraction of sp³-hybridized carbons (Fsp3) is 0.370. The van der Waals surface area contributed by atoms with Crippen molar-refractivity contribution in [1.29, 1.82) is 0 Å². The number of aromatic hydroxyl groups is 1. The van der Waals surface area contributed by atoms with Crippen LogP contribution >= 0.6 is 0 Å². The normalized spacial score (nSPS) is 12.5. The van der Waals surface area contributed by atoms with E-state index in [4.69, 9.17) is 28.2 Å². The number of imide groups is 1. The van der Waals surface area contributed by atoms with Gasteiger partial charge in [-0.05, 0) is 62.9 Å². The predicted octanol–water partition coefficient (Wildman–Crippen LogP) is -0.437. The lowest BCUT2D eigenvalue weighted by Crippen LogP contribution is -2.45. The maximum Gasteiger partial charge on any atom is 0.255 e. The molecule has 73 heavy (non-hydrogen) atoms. The number of fused-ring (bicyclic) bond motifs is 1. The molecule has 4 aromatic rings.